The monoisotopic (exact) mass is 494 g/mol. The summed E-state index contributed by atoms with van der Waals surface area (Å²) in [4.78, 5) is 9.56. The van der Waals surface area contributed by atoms with Crippen LogP contribution in [0.5, 0.6) is 11.6 Å². The van der Waals surface area contributed by atoms with Gasteiger partial charge in [0.05, 0.1) is 10.6 Å². The average molecular weight is 495 g/mol. The minimum atomic E-state index is -0.131. The lowest BCUT2D eigenvalue weighted by atomic mass is 9.83. The van der Waals surface area contributed by atoms with Crippen molar-refractivity contribution in [2.45, 2.75) is 5.92 Å². The number of aromatic nitrogens is 4. The summed E-state index contributed by atoms with van der Waals surface area (Å²) in [5.74, 6) is 1.71. The Balaban J connectivity index is 1.51. The topological polar surface area (TPSA) is 52.3 Å². The average Bonchev–Trinajstić information content (AvgIpc) is 3.32. The third kappa shape index (κ3) is 3.20. The lowest BCUT2D eigenvalue weighted by Crippen LogP contribution is -2.15. The van der Waals surface area contributed by atoms with E-state index in [2.05, 4.69) is 46.5 Å². The SMILES string of the molecule is Clc1ccc(-c2nc3c4c(ncn3n2)Oc2c(ccc3ccccc23)C4c2ccccc2)c(Cl)c1. The van der Waals surface area contributed by atoms with Crippen LogP contribution in [0.15, 0.2) is 91.3 Å². The van der Waals surface area contributed by atoms with E-state index < -0.39 is 0 Å². The van der Waals surface area contributed by atoms with Crippen LogP contribution in [-0.2, 0) is 0 Å². The highest BCUT2D eigenvalue weighted by molar-refractivity contribution is 6.36. The van der Waals surface area contributed by atoms with E-state index in [4.69, 9.17) is 32.9 Å². The molecule has 0 spiro atoms. The Labute approximate surface area is 210 Å². The molecule has 4 aromatic carbocycles. The summed E-state index contributed by atoms with van der Waals surface area (Å²) in [7, 11) is 0. The zero-order valence-electron chi connectivity index (χ0n) is 18.2. The molecule has 3 heterocycles. The molecular weight excluding hydrogens is 479 g/mol. The second-order valence-electron chi connectivity index (χ2n) is 8.44. The van der Waals surface area contributed by atoms with Crippen molar-refractivity contribution in [3.63, 3.8) is 0 Å². The van der Waals surface area contributed by atoms with E-state index in [1.54, 1.807) is 23.0 Å². The van der Waals surface area contributed by atoms with Crippen molar-refractivity contribution >= 4 is 39.6 Å². The minimum Gasteiger partial charge on any atom is -0.438 e. The minimum absolute atomic E-state index is 0.131. The van der Waals surface area contributed by atoms with Gasteiger partial charge in [0.15, 0.2) is 11.5 Å². The molecule has 7 rings (SSSR count). The molecule has 1 aliphatic rings. The summed E-state index contributed by atoms with van der Waals surface area (Å²) in [6, 6.07) is 28.1. The Hall–Kier alpha value is -3.93. The predicted octanol–water partition coefficient (Wildman–Crippen LogP) is 7.54. The molecule has 35 heavy (non-hydrogen) atoms. The van der Waals surface area contributed by atoms with Crippen LogP contribution in [-0.4, -0.2) is 19.6 Å². The standard InChI is InChI=1S/C28H16Cl2N4O/c29-18-11-13-20(22(30)14-18)26-32-27-24-23(17-7-2-1-3-8-17)21-12-10-16-6-4-5-9-19(16)25(21)35-28(24)31-15-34(27)33-26/h1-15,23H. The molecule has 0 saturated heterocycles. The molecule has 168 valence electrons. The number of halogens is 2. The quantitative estimate of drug-likeness (QED) is 0.249. The normalized spacial score (nSPS) is 14.5. The zero-order valence-corrected chi connectivity index (χ0v) is 19.7. The van der Waals surface area contributed by atoms with Crippen LogP contribution < -0.4 is 4.74 Å². The smallest absolute Gasteiger partial charge is 0.228 e. The number of hydrogen-bond donors (Lipinski definition) is 0. The van der Waals surface area contributed by atoms with Crippen LogP contribution in [0.4, 0.5) is 0 Å². The fourth-order valence-electron chi connectivity index (χ4n) is 4.82. The Morgan fingerprint density at radius 1 is 0.857 bits per heavy atom. The summed E-state index contributed by atoms with van der Waals surface area (Å²) in [6.07, 6.45) is 1.63. The Morgan fingerprint density at radius 2 is 1.69 bits per heavy atom. The fraction of sp³-hybridized carbons (Fsp3) is 0.0357. The first-order valence-corrected chi connectivity index (χ1v) is 11.9. The summed E-state index contributed by atoms with van der Waals surface area (Å²) in [5.41, 5.74) is 4.42. The van der Waals surface area contributed by atoms with Crippen LogP contribution in [0.25, 0.3) is 27.8 Å². The molecule has 0 amide bonds. The van der Waals surface area contributed by atoms with E-state index in [0.29, 0.717) is 33.0 Å². The highest BCUT2D eigenvalue weighted by Gasteiger charge is 2.34. The van der Waals surface area contributed by atoms with Crippen molar-refractivity contribution in [1.29, 1.82) is 0 Å². The van der Waals surface area contributed by atoms with E-state index >= 15 is 0 Å². The van der Waals surface area contributed by atoms with Crippen LogP contribution in [0, 0.1) is 0 Å². The molecule has 0 N–H and O–H groups in total. The highest BCUT2D eigenvalue weighted by atomic mass is 35.5. The van der Waals surface area contributed by atoms with Gasteiger partial charge in [-0.05, 0) is 29.1 Å². The number of nitrogens with zero attached hydrogens (tertiary/aromatic N) is 4. The van der Waals surface area contributed by atoms with Gasteiger partial charge in [-0.3, -0.25) is 0 Å². The molecule has 1 atom stereocenters. The number of hydrogen-bond acceptors (Lipinski definition) is 4. The number of rotatable bonds is 2. The van der Waals surface area contributed by atoms with Gasteiger partial charge in [0.2, 0.25) is 5.88 Å². The lowest BCUT2D eigenvalue weighted by Gasteiger charge is -2.28. The molecule has 0 aliphatic carbocycles. The Bertz CT molecular complexity index is 1760. The van der Waals surface area contributed by atoms with Crippen molar-refractivity contribution in [3.05, 3.63) is 118 Å². The molecule has 1 unspecified atom stereocenters. The van der Waals surface area contributed by atoms with Crippen LogP contribution in [0.3, 0.4) is 0 Å². The van der Waals surface area contributed by atoms with Gasteiger partial charge in [0.25, 0.3) is 0 Å². The third-order valence-corrected chi connectivity index (χ3v) is 6.95. The Morgan fingerprint density at radius 3 is 2.54 bits per heavy atom. The van der Waals surface area contributed by atoms with Crippen molar-refractivity contribution in [2.75, 3.05) is 0 Å². The maximum absolute atomic E-state index is 6.47. The summed E-state index contributed by atoms with van der Waals surface area (Å²) in [6.45, 7) is 0. The van der Waals surface area contributed by atoms with E-state index in [-0.39, 0.29) is 5.92 Å². The second kappa shape index (κ2) is 7.80. The first kappa shape index (κ1) is 20.4. The zero-order chi connectivity index (χ0) is 23.5. The number of ether oxygens (including phenoxy) is 1. The van der Waals surface area contributed by atoms with Gasteiger partial charge in [-0.15, -0.1) is 5.10 Å². The molecule has 0 bridgehead atoms. The largest absolute Gasteiger partial charge is 0.438 e. The molecule has 7 heteroatoms. The lowest BCUT2D eigenvalue weighted by molar-refractivity contribution is 0.437. The third-order valence-electron chi connectivity index (χ3n) is 6.40. The van der Waals surface area contributed by atoms with Crippen molar-refractivity contribution in [3.8, 4) is 23.0 Å². The van der Waals surface area contributed by atoms with Gasteiger partial charge in [0, 0.05) is 27.5 Å². The Kier molecular flexibility index (Phi) is 4.56. The summed E-state index contributed by atoms with van der Waals surface area (Å²) < 4.78 is 8.15. The molecule has 0 saturated carbocycles. The maximum atomic E-state index is 6.47. The molecule has 5 nitrogen and oxygen atoms in total. The van der Waals surface area contributed by atoms with E-state index in [9.17, 15) is 0 Å². The first-order valence-electron chi connectivity index (χ1n) is 11.1. The first-order chi connectivity index (χ1) is 17.2. The molecule has 1 aliphatic heterocycles. The van der Waals surface area contributed by atoms with Crippen LogP contribution >= 0.6 is 23.2 Å². The van der Waals surface area contributed by atoms with E-state index in [1.165, 1.54) is 0 Å². The summed E-state index contributed by atoms with van der Waals surface area (Å²) >= 11 is 12.6. The fourth-order valence-corrected chi connectivity index (χ4v) is 5.32. The number of fused-ring (bicyclic) bond motifs is 6. The molecule has 0 radical (unpaired) electrons. The van der Waals surface area contributed by atoms with Gasteiger partial charge in [-0.2, -0.15) is 0 Å². The number of benzene rings is 4. The van der Waals surface area contributed by atoms with E-state index in [0.717, 1.165) is 33.2 Å². The van der Waals surface area contributed by atoms with Gasteiger partial charge < -0.3 is 4.74 Å². The highest BCUT2D eigenvalue weighted by Crippen LogP contribution is 2.50. The van der Waals surface area contributed by atoms with Crippen molar-refractivity contribution < 1.29 is 4.74 Å². The molecule has 2 aromatic heterocycles. The molecule has 0 fully saturated rings. The summed E-state index contributed by atoms with van der Waals surface area (Å²) in [5, 5.41) is 7.89. The molecular formula is C28H16Cl2N4O. The van der Waals surface area contributed by atoms with Crippen LogP contribution in [0.1, 0.15) is 22.6 Å². The van der Waals surface area contributed by atoms with Crippen molar-refractivity contribution in [1.82, 2.24) is 19.6 Å². The maximum Gasteiger partial charge on any atom is 0.228 e. The predicted molar refractivity (Wildman–Crippen MR) is 138 cm³/mol. The second-order valence-corrected chi connectivity index (χ2v) is 9.29. The molecule has 6 aromatic rings. The van der Waals surface area contributed by atoms with Gasteiger partial charge >= 0.3 is 0 Å². The van der Waals surface area contributed by atoms with Gasteiger partial charge in [-0.1, -0.05) is 89.9 Å². The van der Waals surface area contributed by atoms with Crippen LogP contribution in [0.2, 0.25) is 10.0 Å². The van der Waals surface area contributed by atoms with Gasteiger partial charge in [0.1, 0.15) is 12.1 Å². The van der Waals surface area contributed by atoms with Gasteiger partial charge in [-0.25, -0.2) is 14.5 Å². The van der Waals surface area contributed by atoms with Crippen molar-refractivity contribution in [2.24, 2.45) is 0 Å². The van der Waals surface area contributed by atoms with E-state index in [1.807, 2.05) is 36.4 Å².